The first kappa shape index (κ1) is 10.0. The third-order valence-corrected chi connectivity index (χ3v) is 4.07. The predicted molar refractivity (Wildman–Crippen MR) is 64.4 cm³/mol. The second-order valence-electron chi connectivity index (χ2n) is 4.95. The Morgan fingerprint density at radius 2 is 1.94 bits per heavy atom. The summed E-state index contributed by atoms with van der Waals surface area (Å²) >= 11 is 0. The Bertz CT molecular complexity index is 619. The molecular formula is C14H13NO3. The number of rotatable bonds is 1. The van der Waals surface area contributed by atoms with Crippen LogP contribution in [0.3, 0.4) is 0 Å². The Balaban J connectivity index is 2.00. The van der Waals surface area contributed by atoms with E-state index < -0.39 is 5.60 Å². The van der Waals surface area contributed by atoms with Gasteiger partial charge in [-0.05, 0) is 18.4 Å². The molecule has 0 spiro atoms. The van der Waals surface area contributed by atoms with Gasteiger partial charge in [0.25, 0.3) is 0 Å². The molecule has 0 aliphatic carbocycles. The highest BCUT2D eigenvalue weighted by Crippen LogP contribution is 2.62. The van der Waals surface area contributed by atoms with Gasteiger partial charge in [0.1, 0.15) is 5.60 Å². The van der Waals surface area contributed by atoms with Gasteiger partial charge >= 0.3 is 0 Å². The van der Waals surface area contributed by atoms with E-state index in [-0.39, 0.29) is 17.9 Å². The molecule has 4 heteroatoms. The molecule has 2 unspecified atom stereocenters. The Morgan fingerprint density at radius 1 is 1.17 bits per heavy atom. The normalized spacial score (nSPS) is 28.6. The maximum absolute atomic E-state index is 10.0. The molecule has 2 bridgehead atoms. The molecule has 92 valence electrons. The topological polar surface area (TPSA) is 65.5 Å². The lowest BCUT2D eigenvalue weighted by Gasteiger charge is -2.26. The second-order valence-corrected chi connectivity index (χ2v) is 4.95. The molecule has 0 amide bonds. The van der Waals surface area contributed by atoms with Crippen LogP contribution in [0, 0.1) is 0 Å². The number of aromatic nitrogens is 1. The highest BCUT2D eigenvalue weighted by Gasteiger charge is 2.55. The van der Waals surface area contributed by atoms with Gasteiger partial charge in [0.05, 0.1) is 17.2 Å². The van der Waals surface area contributed by atoms with Crippen molar-refractivity contribution < 1.29 is 14.9 Å². The zero-order valence-corrected chi connectivity index (χ0v) is 9.68. The van der Waals surface area contributed by atoms with E-state index in [9.17, 15) is 10.2 Å². The summed E-state index contributed by atoms with van der Waals surface area (Å²) in [6.07, 6.45) is 1.59. The summed E-state index contributed by atoms with van der Waals surface area (Å²) in [5.74, 6) is 0.0542. The van der Waals surface area contributed by atoms with Crippen molar-refractivity contribution in [1.29, 1.82) is 0 Å². The monoisotopic (exact) mass is 243 g/mol. The van der Waals surface area contributed by atoms with E-state index in [0.717, 1.165) is 24.0 Å². The molecule has 2 aliphatic rings. The zero-order chi connectivity index (χ0) is 12.3. The minimum Gasteiger partial charge on any atom is -0.494 e. The molecule has 18 heavy (non-hydrogen) atoms. The summed E-state index contributed by atoms with van der Waals surface area (Å²) in [6.45, 7) is 0. The summed E-state index contributed by atoms with van der Waals surface area (Å²) in [5.41, 5.74) is 1.87. The smallest absolute Gasteiger partial charge is 0.198 e. The Morgan fingerprint density at radius 3 is 2.72 bits per heavy atom. The lowest BCUT2D eigenvalue weighted by molar-refractivity contribution is 0.00689. The largest absolute Gasteiger partial charge is 0.494 e. The molecule has 3 heterocycles. The van der Waals surface area contributed by atoms with Crippen molar-refractivity contribution in [3.8, 4) is 11.8 Å². The van der Waals surface area contributed by atoms with Crippen molar-refractivity contribution in [3.63, 3.8) is 0 Å². The maximum Gasteiger partial charge on any atom is 0.198 e. The number of benzene rings is 1. The van der Waals surface area contributed by atoms with Gasteiger partial charge in [-0.3, -0.25) is 4.98 Å². The predicted octanol–water partition coefficient (Wildman–Crippen LogP) is 2.53. The zero-order valence-electron chi connectivity index (χ0n) is 9.68. The number of H-pyrrole nitrogens is 1. The third-order valence-electron chi connectivity index (χ3n) is 4.07. The van der Waals surface area contributed by atoms with Crippen molar-refractivity contribution in [2.45, 2.75) is 24.5 Å². The van der Waals surface area contributed by atoms with Crippen LogP contribution in [0.5, 0.6) is 11.8 Å². The first-order valence-electron chi connectivity index (χ1n) is 6.10. The molecule has 1 aromatic carbocycles. The molecular weight excluding hydrogens is 230 g/mol. The number of ether oxygens (including phenoxy) is 1. The fourth-order valence-corrected chi connectivity index (χ4v) is 3.36. The molecule has 4 rings (SSSR count). The summed E-state index contributed by atoms with van der Waals surface area (Å²) in [7, 11) is 0. The van der Waals surface area contributed by atoms with Crippen LogP contribution in [0.4, 0.5) is 0 Å². The minimum atomic E-state index is -0.594. The van der Waals surface area contributed by atoms with E-state index in [1.165, 1.54) is 0 Å². The van der Waals surface area contributed by atoms with Crippen LogP contribution in [0.1, 0.15) is 35.6 Å². The van der Waals surface area contributed by atoms with Gasteiger partial charge in [-0.25, -0.2) is 0 Å². The number of hydrogen-bond donors (Lipinski definition) is 3. The van der Waals surface area contributed by atoms with Crippen LogP contribution in [0.2, 0.25) is 0 Å². The van der Waals surface area contributed by atoms with Crippen molar-refractivity contribution in [2.24, 2.45) is 0 Å². The van der Waals surface area contributed by atoms with Crippen molar-refractivity contribution >= 4 is 0 Å². The number of aromatic amines is 1. The molecule has 1 fully saturated rings. The van der Waals surface area contributed by atoms with E-state index in [4.69, 9.17) is 4.74 Å². The third kappa shape index (κ3) is 0.996. The van der Waals surface area contributed by atoms with E-state index in [1.54, 1.807) is 0 Å². The van der Waals surface area contributed by atoms with Gasteiger partial charge in [-0.15, -0.1) is 0 Å². The molecule has 1 aromatic heterocycles. The molecule has 2 aromatic rings. The number of aromatic hydroxyl groups is 2. The number of nitrogens with one attached hydrogen (secondary N) is 1. The van der Waals surface area contributed by atoms with Gasteiger partial charge < -0.3 is 14.9 Å². The average molecular weight is 243 g/mol. The van der Waals surface area contributed by atoms with E-state index in [2.05, 4.69) is 4.98 Å². The maximum atomic E-state index is 10.0. The molecule has 1 saturated heterocycles. The summed E-state index contributed by atoms with van der Waals surface area (Å²) < 4.78 is 6.08. The van der Waals surface area contributed by atoms with E-state index in [0.29, 0.717) is 5.56 Å². The van der Waals surface area contributed by atoms with Crippen molar-refractivity contribution in [2.75, 3.05) is 0 Å². The van der Waals surface area contributed by atoms with E-state index >= 15 is 0 Å². The van der Waals surface area contributed by atoms with Gasteiger partial charge in [-0.1, -0.05) is 30.3 Å². The van der Waals surface area contributed by atoms with Gasteiger partial charge in [-0.2, -0.15) is 0 Å². The fourth-order valence-electron chi connectivity index (χ4n) is 3.36. The SMILES string of the molecule is Oc1[nH]c(O)c2c1C1CCC2(c2ccccc2)O1. The molecule has 0 saturated carbocycles. The molecule has 2 aliphatic heterocycles. The Hall–Kier alpha value is -1.94. The number of hydrogen-bond acceptors (Lipinski definition) is 3. The van der Waals surface area contributed by atoms with Crippen LogP contribution >= 0.6 is 0 Å². The summed E-state index contributed by atoms with van der Waals surface area (Å²) in [5, 5.41) is 19.8. The highest BCUT2D eigenvalue weighted by atomic mass is 16.5. The Labute approximate surface area is 104 Å². The lowest BCUT2D eigenvalue weighted by Crippen LogP contribution is -2.23. The minimum absolute atomic E-state index is 0.0218. The summed E-state index contributed by atoms with van der Waals surface area (Å²) in [4.78, 5) is 2.60. The van der Waals surface area contributed by atoms with Gasteiger partial charge in [0.15, 0.2) is 11.8 Å². The van der Waals surface area contributed by atoms with E-state index in [1.807, 2.05) is 30.3 Å². The first-order valence-corrected chi connectivity index (χ1v) is 6.10. The molecule has 0 radical (unpaired) electrons. The number of fused-ring (bicyclic) bond motifs is 5. The van der Waals surface area contributed by atoms with Crippen molar-refractivity contribution in [1.82, 2.24) is 4.98 Å². The van der Waals surface area contributed by atoms with Crippen LogP contribution in [0.25, 0.3) is 0 Å². The Kier molecular flexibility index (Phi) is 1.72. The van der Waals surface area contributed by atoms with Crippen LogP contribution in [-0.2, 0) is 10.3 Å². The average Bonchev–Trinajstić information content (AvgIpc) is 3.03. The fraction of sp³-hybridized carbons (Fsp3) is 0.286. The van der Waals surface area contributed by atoms with Gasteiger partial charge in [0, 0.05) is 0 Å². The second kappa shape index (κ2) is 3.09. The van der Waals surface area contributed by atoms with Crippen LogP contribution < -0.4 is 0 Å². The standard InChI is InChI=1S/C14H13NO3/c16-12-10-9-6-7-14(18-9,11(10)13(17)15-12)8-4-2-1-3-5-8/h1-5,9,15-17H,6-7H2. The molecule has 3 N–H and O–H groups in total. The quantitative estimate of drug-likeness (QED) is 0.721. The summed E-state index contributed by atoms with van der Waals surface area (Å²) in [6, 6.07) is 9.88. The molecule has 4 nitrogen and oxygen atoms in total. The van der Waals surface area contributed by atoms with Crippen LogP contribution in [-0.4, -0.2) is 15.2 Å². The van der Waals surface area contributed by atoms with Crippen LogP contribution in [0.15, 0.2) is 30.3 Å². The van der Waals surface area contributed by atoms with Crippen molar-refractivity contribution in [3.05, 3.63) is 47.0 Å². The lowest BCUT2D eigenvalue weighted by atomic mass is 9.79. The highest BCUT2D eigenvalue weighted by molar-refractivity contribution is 5.57. The first-order chi connectivity index (χ1) is 8.72. The van der Waals surface area contributed by atoms with Gasteiger partial charge in [0.2, 0.25) is 0 Å². The molecule has 2 atom stereocenters.